The number of aliphatic carboxylic acids is 8. The number of hydrogen-bond acceptors (Lipinski definition) is 31. The summed E-state index contributed by atoms with van der Waals surface area (Å²) in [6, 6.07) is 0. The summed E-state index contributed by atoms with van der Waals surface area (Å²) in [5.74, 6) is -13.5. The Hall–Kier alpha value is -5.23. The molecule has 0 aromatic carbocycles. The first-order chi connectivity index (χ1) is 69.3. The van der Waals surface area contributed by atoms with Gasteiger partial charge in [-0.3, -0.25) is 57.6 Å². The fourth-order valence-electron chi connectivity index (χ4n) is 19.9. The van der Waals surface area contributed by atoms with Crippen molar-refractivity contribution in [3.63, 3.8) is 0 Å². The molecule has 848 valence electrons. The van der Waals surface area contributed by atoms with E-state index < -0.39 is 156 Å². The first kappa shape index (κ1) is 143. The zero-order valence-electron chi connectivity index (χ0n) is 90.7. The molecule has 2 heterocycles. The molecule has 2 fully saturated rings. The maximum Gasteiger partial charge on any atom is 2.00 e. The number of esters is 2. The molecule has 36 heteroatoms. The van der Waals surface area contributed by atoms with E-state index in [9.17, 15) is 108 Å². The summed E-state index contributed by atoms with van der Waals surface area (Å²) < 4.78 is 34.1. The largest absolute Gasteiger partial charge is 2.00 e. The van der Waals surface area contributed by atoms with Crippen molar-refractivity contribution in [1.29, 1.82) is 0 Å². The van der Waals surface area contributed by atoms with E-state index in [2.05, 4.69) is 33.0 Å². The summed E-state index contributed by atoms with van der Waals surface area (Å²) in [5, 5.41) is 96.6. The molecule has 0 radical (unpaired) electrons. The molecule has 34 nitrogen and oxygen atoms in total. The SMILES string of the molecule is C.CCCCCCCCCCCCCCCC(=O)OC[C@H](COP(=O)(O)OCCNC(=O)CCCCC1(N(CC(=O)[O-])CC(=O)[O-])CN(CC(=O)[O-])CCN(CC(=O)[O-])C1)OC(=O)CCCCCCCCCCCCCCC.CCCCCCCCCCCCCCCCCCN(CCCCCCCCCCCCCCCCCC)C(=O)CCCCC1(N(CC(=O)[O-])CC(=O)[O-])CN(CC(=O)[O-])CCN(CC(=O)[O-])C1.[Ca+2]. The zero-order valence-corrected chi connectivity index (χ0v) is 93.8. The zero-order chi connectivity index (χ0) is 106. The third-order valence-electron chi connectivity index (χ3n) is 27.9. The number of phosphoric ester groups is 1. The molecular weight excluding hydrogens is 1920 g/mol. The van der Waals surface area contributed by atoms with Gasteiger partial charge in [-0.2, -0.15) is 0 Å². The summed E-state index contributed by atoms with van der Waals surface area (Å²) in [6.45, 7) is 2.97. The number of carbonyl (C=O) groups is 12. The average molecular weight is 2120 g/mol. The first-order valence-electron chi connectivity index (χ1n) is 56.8. The minimum atomic E-state index is -4.77. The summed E-state index contributed by atoms with van der Waals surface area (Å²) in [7, 11) is -4.77. The molecule has 146 heavy (non-hydrogen) atoms. The monoisotopic (exact) mass is 2120 g/mol. The van der Waals surface area contributed by atoms with Crippen molar-refractivity contribution in [3.05, 3.63) is 0 Å². The van der Waals surface area contributed by atoms with Gasteiger partial charge in [-0.15, -0.1) is 0 Å². The standard InChI is InChI=1S/C55H101N4O17P.C54H102N4O9.CH4.Ca/c1-3-5-7-9-11-13-15-17-19-21-23-25-27-32-53(69)73-43-47(76-54(70)33-28-26-24-22-20-18-16-14-12-10-8-6-4-2)44-75-77(71,72)74-38-35-56-48(60)31-29-30-34-55(59(41-51(65)66)42-52(67)68)45-57(39-49(61)62)36-37-58(46-55)40-50(63)64;1-3-5-7-9-11-13-15-17-19-21-23-25-27-29-31-35-39-57(40-36-32-30-28-26-24-22-20-18-16-14-12-10-8-6-4-2)49(59)37-33-34-38-54(58(45-52(64)65)46-53(66)67)47-55(43-50(60)61)41-42-56(48-54)44-51(62)63;;/h47H,3-46H2,1-2H3,(H,56,60)(H,61,62)(H,63,64)(H,65,66)(H,67,68)(H,71,72);3-48H2,1-2H3,(H,60,61)(H,62,63)(H,64,65)(H,66,67);1H4;/q;;;+2/p-8/t47-;;;/m1.../s1. The number of nitrogens with zero attached hydrogens (tertiary/aromatic N) is 7. The van der Waals surface area contributed by atoms with E-state index in [-0.39, 0.29) is 168 Å². The minimum Gasteiger partial charge on any atom is -0.549 e. The number of carboxylic acids is 8. The van der Waals surface area contributed by atoms with Gasteiger partial charge >= 0.3 is 57.5 Å². The van der Waals surface area contributed by atoms with Gasteiger partial charge in [0, 0.05) is 161 Å². The van der Waals surface area contributed by atoms with Crippen LogP contribution in [0.5, 0.6) is 0 Å². The smallest absolute Gasteiger partial charge is 0.549 e. The minimum absolute atomic E-state index is 0. The van der Waals surface area contributed by atoms with Gasteiger partial charge in [-0.1, -0.05) is 395 Å². The van der Waals surface area contributed by atoms with Gasteiger partial charge in [0.2, 0.25) is 11.8 Å². The number of carboxylic acid groups (broad SMARTS) is 8. The quantitative estimate of drug-likeness (QED) is 0.0247. The molecule has 0 spiro atoms. The number of phosphoric acid groups is 1. The van der Waals surface area contributed by atoms with Gasteiger partial charge in [0.05, 0.1) is 61.0 Å². The summed E-state index contributed by atoms with van der Waals surface area (Å²) >= 11 is 0. The van der Waals surface area contributed by atoms with E-state index in [1.54, 1.807) is 0 Å². The van der Waals surface area contributed by atoms with Crippen molar-refractivity contribution in [3.8, 4) is 0 Å². The maximum atomic E-state index is 13.9. The number of nitrogens with one attached hydrogen (secondary N) is 1. The number of ether oxygens (including phenoxy) is 2. The third-order valence-corrected chi connectivity index (χ3v) is 28.8. The van der Waals surface area contributed by atoms with E-state index in [0.29, 0.717) is 38.8 Å². The van der Waals surface area contributed by atoms with Gasteiger partial charge in [-0.05, 0) is 51.4 Å². The average Bonchev–Trinajstić information content (AvgIpc) is 1.53. The Kier molecular flexibility index (Phi) is 93.5. The van der Waals surface area contributed by atoms with E-state index >= 15 is 0 Å². The van der Waals surface area contributed by atoms with E-state index in [1.165, 1.54) is 313 Å². The van der Waals surface area contributed by atoms with Gasteiger partial charge < -0.3 is 104 Å². The Bertz CT molecular complexity index is 3270. The molecule has 2 saturated heterocycles. The molecule has 2 atom stereocenters. The van der Waals surface area contributed by atoms with Crippen molar-refractivity contribution in [2.24, 2.45) is 0 Å². The van der Waals surface area contributed by atoms with Crippen LogP contribution in [0.4, 0.5) is 0 Å². The normalized spacial score (nSPS) is 14.6. The summed E-state index contributed by atoms with van der Waals surface area (Å²) in [5.41, 5.74) is -2.75. The number of amides is 2. The molecule has 1 unspecified atom stereocenters. The van der Waals surface area contributed by atoms with Crippen LogP contribution in [0.15, 0.2) is 0 Å². The molecule has 2 rings (SSSR count). The predicted octanol–water partition coefficient (Wildman–Crippen LogP) is 10.7. The van der Waals surface area contributed by atoms with Gasteiger partial charge in [0.1, 0.15) is 6.61 Å². The van der Waals surface area contributed by atoms with Crippen LogP contribution in [0.25, 0.3) is 0 Å². The second-order valence-corrected chi connectivity index (χ2v) is 42.6. The first-order valence-corrected chi connectivity index (χ1v) is 58.3. The molecule has 2 aliphatic rings. The molecule has 2 amide bonds. The Morgan fingerprint density at radius 1 is 0.322 bits per heavy atom. The predicted molar refractivity (Wildman–Crippen MR) is 556 cm³/mol. The van der Waals surface area contributed by atoms with Gasteiger partial charge in [0.15, 0.2) is 6.10 Å². The second-order valence-electron chi connectivity index (χ2n) is 41.1. The third kappa shape index (κ3) is 83.3. The molecular formula is C110H199CaN8O26P-6. The maximum absolute atomic E-state index is 13.9. The van der Waals surface area contributed by atoms with Crippen LogP contribution in [0, 0.1) is 0 Å². The number of carbonyl (C=O) groups excluding carboxylic acids is 12. The fraction of sp³-hybridized carbons (Fsp3) is 0.891. The molecule has 0 aromatic heterocycles. The van der Waals surface area contributed by atoms with Crippen LogP contribution < -0.4 is 46.2 Å². The summed E-state index contributed by atoms with van der Waals surface area (Å²) in [4.78, 5) is 167. The van der Waals surface area contributed by atoms with Crippen molar-refractivity contribution >= 4 is 117 Å². The van der Waals surface area contributed by atoms with Crippen molar-refractivity contribution in [1.82, 2.24) is 39.6 Å². The van der Waals surface area contributed by atoms with Crippen LogP contribution in [0.2, 0.25) is 0 Å². The topological polar surface area (TPSA) is 498 Å². The number of rotatable bonds is 100. The van der Waals surface area contributed by atoms with Crippen LogP contribution in [0.3, 0.4) is 0 Å². The van der Waals surface area contributed by atoms with Crippen molar-refractivity contribution < 1.29 is 126 Å². The van der Waals surface area contributed by atoms with Crippen molar-refractivity contribution in [2.45, 2.75) is 489 Å². The molecule has 2 N–H and O–H groups in total. The van der Waals surface area contributed by atoms with E-state index in [4.69, 9.17) is 18.5 Å². The van der Waals surface area contributed by atoms with Crippen LogP contribution >= 0.6 is 7.82 Å². The summed E-state index contributed by atoms with van der Waals surface area (Å²) in [6.07, 6.45) is 71.7. The van der Waals surface area contributed by atoms with Crippen molar-refractivity contribution in [2.75, 3.05) is 144 Å². The van der Waals surface area contributed by atoms with E-state index in [0.717, 1.165) is 75.5 Å². The van der Waals surface area contributed by atoms with Gasteiger partial charge in [-0.25, -0.2) is 4.57 Å². The molecule has 0 aliphatic carbocycles. The number of unbranched alkanes of at least 4 members (excludes halogenated alkanes) is 56. The Morgan fingerprint density at radius 2 is 0.568 bits per heavy atom. The molecule has 0 bridgehead atoms. The second kappa shape index (κ2) is 95.6. The fourth-order valence-corrected chi connectivity index (χ4v) is 20.6. The van der Waals surface area contributed by atoms with Crippen LogP contribution in [-0.2, 0) is 80.6 Å². The Morgan fingerprint density at radius 3 is 0.836 bits per heavy atom. The number of hydrogen-bond donors (Lipinski definition) is 2. The van der Waals surface area contributed by atoms with Crippen LogP contribution in [-0.4, -0.2) is 310 Å². The molecule has 2 aliphatic heterocycles. The molecule has 0 saturated carbocycles. The van der Waals surface area contributed by atoms with E-state index in [1.807, 2.05) is 4.90 Å². The molecule has 0 aromatic rings. The Labute approximate surface area is 910 Å². The Balaban J connectivity index is 0. The van der Waals surface area contributed by atoms with Gasteiger partial charge in [0.25, 0.3) is 0 Å². The van der Waals surface area contributed by atoms with Crippen LogP contribution in [0.1, 0.15) is 472 Å².